The van der Waals surface area contributed by atoms with Crippen molar-refractivity contribution in [3.63, 3.8) is 0 Å². The Hall–Kier alpha value is -1.47. The fourth-order valence-electron chi connectivity index (χ4n) is 3.10. The first-order chi connectivity index (χ1) is 9.69. The van der Waals surface area contributed by atoms with Crippen molar-refractivity contribution in [2.75, 3.05) is 26.9 Å². The summed E-state index contributed by atoms with van der Waals surface area (Å²) in [5.74, 6) is 1.24. The molecule has 0 aromatic carbocycles. The van der Waals surface area contributed by atoms with Crippen LogP contribution in [-0.4, -0.2) is 60.0 Å². The average Bonchev–Trinajstić information content (AvgIpc) is 3.05. The molecule has 2 aliphatic rings. The second kappa shape index (κ2) is 5.49. The molecule has 2 aliphatic heterocycles. The molecular formula is C13H19N3O4. The zero-order valence-electron chi connectivity index (χ0n) is 11.7. The lowest BCUT2D eigenvalue weighted by Gasteiger charge is -2.39. The monoisotopic (exact) mass is 281 g/mol. The van der Waals surface area contributed by atoms with Crippen molar-refractivity contribution < 1.29 is 18.8 Å². The molecule has 7 heteroatoms. The van der Waals surface area contributed by atoms with Gasteiger partial charge in [0, 0.05) is 20.3 Å². The van der Waals surface area contributed by atoms with Gasteiger partial charge in [0.1, 0.15) is 6.61 Å². The number of nitrogens with zero attached hydrogens (tertiary/aromatic N) is 3. The highest BCUT2D eigenvalue weighted by Crippen LogP contribution is 2.35. The average molecular weight is 281 g/mol. The molecule has 0 unspecified atom stereocenters. The number of carbonyl (C=O) groups is 1. The third kappa shape index (κ3) is 2.43. The molecule has 110 valence electrons. The van der Waals surface area contributed by atoms with Crippen molar-refractivity contribution in [1.29, 1.82) is 0 Å². The summed E-state index contributed by atoms with van der Waals surface area (Å²) >= 11 is 0. The van der Waals surface area contributed by atoms with Crippen molar-refractivity contribution in [2.45, 2.75) is 37.8 Å². The summed E-state index contributed by atoms with van der Waals surface area (Å²) in [5.41, 5.74) is 0. The number of fused-ring (bicyclic) bond motifs is 1. The summed E-state index contributed by atoms with van der Waals surface area (Å²) in [6.45, 7) is 3.17. The van der Waals surface area contributed by atoms with E-state index in [0.717, 1.165) is 12.8 Å². The van der Waals surface area contributed by atoms with E-state index in [9.17, 15) is 4.79 Å². The highest BCUT2D eigenvalue weighted by molar-refractivity contribution is 5.78. The Morgan fingerprint density at radius 1 is 1.55 bits per heavy atom. The van der Waals surface area contributed by atoms with Gasteiger partial charge in [0.05, 0.1) is 18.1 Å². The molecule has 1 aromatic rings. The zero-order valence-corrected chi connectivity index (χ0v) is 11.7. The van der Waals surface area contributed by atoms with E-state index in [1.54, 1.807) is 6.92 Å². The van der Waals surface area contributed by atoms with Crippen LogP contribution in [0, 0.1) is 6.92 Å². The fraction of sp³-hybridized carbons (Fsp3) is 0.769. The van der Waals surface area contributed by atoms with Crippen LogP contribution in [0.1, 0.15) is 30.5 Å². The van der Waals surface area contributed by atoms with Crippen LogP contribution < -0.4 is 0 Å². The fourth-order valence-corrected chi connectivity index (χ4v) is 3.10. The molecule has 3 heterocycles. The van der Waals surface area contributed by atoms with E-state index in [0.29, 0.717) is 24.9 Å². The lowest BCUT2D eigenvalue weighted by Crippen LogP contribution is -2.52. The van der Waals surface area contributed by atoms with Crippen LogP contribution in [0.5, 0.6) is 0 Å². The summed E-state index contributed by atoms with van der Waals surface area (Å²) in [6, 6.07) is 0.151. The van der Waals surface area contributed by atoms with Gasteiger partial charge < -0.3 is 18.9 Å². The van der Waals surface area contributed by atoms with E-state index in [1.165, 1.54) is 7.11 Å². The van der Waals surface area contributed by atoms with E-state index < -0.39 is 0 Å². The third-order valence-electron chi connectivity index (χ3n) is 3.99. The number of hydrogen-bond donors (Lipinski definition) is 0. The van der Waals surface area contributed by atoms with Crippen LogP contribution in [0.2, 0.25) is 0 Å². The van der Waals surface area contributed by atoms with Gasteiger partial charge >= 0.3 is 0 Å². The Bertz CT molecular complexity index is 490. The predicted molar refractivity (Wildman–Crippen MR) is 68.1 cm³/mol. The summed E-state index contributed by atoms with van der Waals surface area (Å²) in [6.07, 6.45) is 1.76. The molecule has 2 saturated heterocycles. The Kier molecular flexibility index (Phi) is 3.71. The molecule has 0 aliphatic carbocycles. The van der Waals surface area contributed by atoms with Gasteiger partial charge in [-0.15, -0.1) is 0 Å². The van der Waals surface area contributed by atoms with Crippen molar-refractivity contribution in [1.82, 2.24) is 15.0 Å². The Labute approximate surface area is 117 Å². The second-order valence-corrected chi connectivity index (χ2v) is 5.36. The standard InChI is InChI=1S/C13H19N3O4/c1-8-14-13(20-15-8)9-5-11-10(3-4-19-11)16(6-9)12(17)7-18-2/h9-11H,3-7H2,1-2H3/t9-,10+,11+/m0/s1. The smallest absolute Gasteiger partial charge is 0.248 e. The number of aryl methyl sites for hydroxylation is 1. The Morgan fingerprint density at radius 3 is 3.10 bits per heavy atom. The topological polar surface area (TPSA) is 77.7 Å². The maximum atomic E-state index is 12.2. The van der Waals surface area contributed by atoms with Crippen LogP contribution in [0.25, 0.3) is 0 Å². The summed E-state index contributed by atoms with van der Waals surface area (Å²) in [5, 5.41) is 3.83. The van der Waals surface area contributed by atoms with E-state index in [4.69, 9.17) is 14.0 Å². The molecule has 0 N–H and O–H groups in total. The Morgan fingerprint density at radius 2 is 2.40 bits per heavy atom. The minimum Gasteiger partial charge on any atom is -0.376 e. The van der Waals surface area contributed by atoms with Crippen LogP contribution in [0.15, 0.2) is 4.52 Å². The number of aromatic nitrogens is 2. The number of hydrogen-bond acceptors (Lipinski definition) is 6. The minimum atomic E-state index is -0.00561. The molecule has 3 rings (SSSR count). The van der Waals surface area contributed by atoms with Crippen LogP contribution >= 0.6 is 0 Å². The first-order valence-electron chi connectivity index (χ1n) is 6.89. The summed E-state index contributed by atoms with van der Waals surface area (Å²) < 4.78 is 16.0. The summed E-state index contributed by atoms with van der Waals surface area (Å²) in [7, 11) is 1.53. The molecule has 3 atom stereocenters. The van der Waals surface area contributed by atoms with E-state index >= 15 is 0 Å². The lowest BCUT2D eigenvalue weighted by atomic mass is 9.90. The number of likely N-dealkylation sites (tertiary alicyclic amines) is 1. The molecule has 20 heavy (non-hydrogen) atoms. The maximum Gasteiger partial charge on any atom is 0.248 e. The molecular weight excluding hydrogens is 262 g/mol. The number of carbonyl (C=O) groups excluding carboxylic acids is 1. The highest BCUT2D eigenvalue weighted by atomic mass is 16.5. The van der Waals surface area contributed by atoms with Gasteiger partial charge in [-0.1, -0.05) is 5.16 Å². The zero-order chi connectivity index (χ0) is 14.1. The van der Waals surface area contributed by atoms with Crippen LogP contribution in [0.4, 0.5) is 0 Å². The van der Waals surface area contributed by atoms with Gasteiger partial charge in [0.2, 0.25) is 11.8 Å². The maximum absolute atomic E-state index is 12.2. The predicted octanol–water partition coefficient (Wildman–Crippen LogP) is 0.498. The van der Waals surface area contributed by atoms with E-state index in [2.05, 4.69) is 10.1 Å². The van der Waals surface area contributed by atoms with Gasteiger partial charge in [-0.05, 0) is 19.8 Å². The normalized spacial score (nSPS) is 29.5. The molecule has 0 saturated carbocycles. The van der Waals surface area contributed by atoms with Crippen molar-refractivity contribution >= 4 is 5.91 Å². The van der Waals surface area contributed by atoms with E-state index in [-0.39, 0.29) is 30.6 Å². The first kappa shape index (κ1) is 13.5. The second-order valence-electron chi connectivity index (χ2n) is 5.36. The molecule has 0 spiro atoms. The van der Waals surface area contributed by atoms with Gasteiger partial charge in [-0.25, -0.2) is 0 Å². The molecule has 0 bridgehead atoms. The van der Waals surface area contributed by atoms with Crippen molar-refractivity contribution in [3.05, 3.63) is 11.7 Å². The van der Waals surface area contributed by atoms with Gasteiger partial charge in [-0.2, -0.15) is 4.98 Å². The quantitative estimate of drug-likeness (QED) is 0.803. The lowest BCUT2D eigenvalue weighted by molar-refractivity contribution is -0.141. The van der Waals surface area contributed by atoms with Crippen molar-refractivity contribution in [3.8, 4) is 0 Å². The SMILES string of the molecule is COCC(=O)N1C[C@@H](c2nc(C)no2)C[C@H]2OCC[C@H]21. The number of rotatable bonds is 3. The van der Waals surface area contributed by atoms with E-state index in [1.807, 2.05) is 4.90 Å². The number of ether oxygens (including phenoxy) is 2. The largest absolute Gasteiger partial charge is 0.376 e. The molecule has 0 radical (unpaired) electrons. The number of methoxy groups -OCH3 is 1. The summed E-state index contributed by atoms with van der Waals surface area (Å²) in [4.78, 5) is 18.3. The molecule has 2 fully saturated rings. The van der Waals surface area contributed by atoms with Gasteiger partial charge in [-0.3, -0.25) is 4.79 Å². The van der Waals surface area contributed by atoms with Crippen LogP contribution in [-0.2, 0) is 14.3 Å². The highest BCUT2D eigenvalue weighted by Gasteiger charge is 2.43. The molecule has 1 aromatic heterocycles. The Balaban J connectivity index is 1.80. The van der Waals surface area contributed by atoms with Gasteiger partial charge in [0.15, 0.2) is 5.82 Å². The molecule has 1 amide bonds. The first-order valence-corrected chi connectivity index (χ1v) is 6.89. The van der Waals surface area contributed by atoms with Crippen molar-refractivity contribution in [2.24, 2.45) is 0 Å². The number of amides is 1. The number of piperidine rings is 1. The van der Waals surface area contributed by atoms with Gasteiger partial charge in [0.25, 0.3) is 0 Å². The minimum absolute atomic E-state index is 0.00561. The molecule has 7 nitrogen and oxygen atoms in total. The third-order valence-corrected chi connectivity index (χ3v) is 3.99. The van der Waals surface area contributed by atoms with Crippen LogP contribution in [0.3, 0.4) is 0 Å².